The third-order valence-electron chi connectivity index (χ3n) is 3.25. The van der Waals surface area contributed by atoms with Gasteiger partial charge in [-0.05, 0) is 31.6 Å². The molecule has 3 nitrogen and oxygen atoms in total. The van der Waals surface area contributed by atoms with Crippen molar-refractivity contribution in [2.24, 2.45) is 11.7 Å². The van der Waals surface area contributed by atoms with Gasteiger partial charge in [0, 0.05) is 24.0 Å². The van der Waals surface area contributed by atoms with E-state index < -0.39 is 0 Å². The van der Waals surface area contributed by atoms with Crippen molar-refractivity contribution in [3.05, 3.63) is 18.2 Å². The molecule has 0 radical (unpaired) electrons. The van der Waals surface area contributed by atoms with Crippen molar-refractivity contribution in [3.8, 4) is 0 Å². The predicted molar refractivity (Wildman–Crippen MR) is 61.5 cm³/mol. The fourth-order valence-electron chi connectivity index (χ4n) is 2.21. The van der Waals surface area contributed by atoms with Crippen molar-refractivity contribution < 1.29 is 0 Å². The minimum Gasteiger partial charge on any atom is -0.333 e. The van der Waals surface area contributed by atoms with Crippen LogP contribution >= 0.6 is 0 Å². The molecule has 1 fully saturated rings. The molecule has 0 amide bonds. The maximum Gasteiger partial charge on any atom is 0.0948 e. The minimum atomic E-state index is 0.0480. The number of rotatable bonds is 4. The molecule has 0 saturated heterocycles. The molecule has 15 heavy (non-hydrogen) atoms. The highest BCUT2D eigenvalue weighted by molar-refractivity contribution is 5.03. The molecular weight excluding hydrogens is 186 g/mol. The van der Waals surface area contributed by atoms with Gasteiger partial charge in [-0.3, -0.25) is 0 Å². The molecule has 3 heteroatoms. The van der Waals surface area contributed by atoms with E-state index in [0.29, 0.717) is 5.92 Å². The molecule has 0 aromatic carbocycles. The van der Waals surface area contributed by atoms with Crippen LogP contribution in [0.4, 0.5) is 0 Å². The van der Waals surface area contributed by atoms with E-state index >= 15 is 0 Å². The summed E-state index contributed by atoms with van der Waals surface area (Å²) in [4.78, 5) is 4.23. The van der Waals surface area contributed by atoms with Crippen molar-refractivity contribution in [1.29, 1.82) is 0 Å². The van der Waals surface area contributed by atoms with Crippen LogP contribution in [0.2, 0.25) is 0 Å². The van der Waals surface area contributed by atoms with Crippen LogP contribution in [0.15, 0.2) is 12.5 Å². The largest absolute Gasteiger partial charge is 0.333 e. The third kappa shape index (κ3) is 2.40. The summed E-state index contributed by atoms with van der Waals surface area (Å²) in [7, 11) is 0. The summed E-state index contributed by atoms with van der Waals surface area (Å²) < 4.78 is 2.24. The normalized spacial score (nSPS) is 19.2. The van der Waals surface area contributed by atoms with E-state index in [1.165, 1.54) is 12.1 Å². The summed E-state index contributed by atoms with van der Waals surface area (Å²) in [5.74, 6) is 0.676. The molecule has 0 atom stereocenters. The molecule has 1 saturated carbocycles. The molecule has 84 valence electrons. The lowest BCUT2D eigenvalue weighted by atomic mass is 9.77. The topological polar surface area (TPSA) is 43.8 Å². The van der Waals surface area contributed by atoms with Crippen LogP contribution in [0.3, 0.4) is 0 Å². The van der Waals surface area contributed by atoms with E-state index in [9.17, 15) is 0 Å². The minimum absolute atomic E-state index is 0.0480. The number of aromatic nitrogens is 2. The van der Waals surface area contributed by atoms with E-state index in [-0.39, 0.29) is 5.54 Å². The Kier molecular flexibility index (Phi) is 2.83. The highest BCUT2D eigenvalue weighted by Crippen LogP contribution is 2.31. The van der Waals surface area contributed by atoms with Crippen LogP contribution < -0.4 is 5.73 Å². The van der Waals surface area contributed by atoms with Gasteiger partial charge in [0.1, 0.15) is 0 Å². The number of nitrogens with two attached hydrogens (primary N) is 1. The van der Waals surface area contributed by atoms with Gasteiger partial charge in [-0.1, -0.05) is 13.8 Å². The maximum atomic E-state index is 6.25. The van der Waals surface area contributed by atoms with Crippen LogP contribution in [-0.4, -0.2) is 15.1 Å². The van der Waals surface area contributed by atoms with Crippen molar-refractivity contribution in [2.75, 3.05) is 0 Å². The molecule has 2 N–H and O–H groups in total. The Morgan fingerprint density at radius 2 is 2.27 bits per heavy atom. The quantitative estimate of drug-likeness (QED) is 0.820. The van der Waals surface area contributed by atoms with Crippen molar-refractivity contribution in [2.45, 2.75) is 51.6 Å². The first-order chi connectivity index (χ1) is 7.09. The highest BCUT2D eigenvalue weighted by Gasteiger charge is 2.33. The first-order valence-electron chi connectivity index (χ1n) is 5.87. The molecule has 0 bridgehead atoms. The average Bonchev–Trinajstić information content (AvgIpc) is 2.49. The second kappa shape index (κ2) is 3.97. The summed E-state index contributed by atoms with van der Waals surface area (Å²) in [5.41, 5.74) is 7.61. The van der Waals surface area contributed by atoms with Crippen LogP contribution in [-0.2, 0) is 13.0 Å². The number of hydrogen-bond acceptors (Lipinski definition) is 2. The van der Waals surface area contributed by atoms with Gasteiger partial charge in [0.05, 0.1) is 6.33 Å². The maximum absolute atomic E-state index is 6.25. The lowest BCUT2D eigenvalue weighted by Crippen LogP contribution is -2.50. The SMILES string of the molecule is CC(C)Cc1cncn1CC1(N)CCC1. The fraction of sp³-hybridized carbons (Fsp3) is 0.750. The number of nitrogens with zero attached hydrogens (tertiary/aromatic N) is 2. The second-order valence-corrected chi connectivity index (χ2v) is 5.33. The van der Waals surface area contributed by atoms with E-state index in [2.05, 4.69) is 23.4 Å². The summed E-state index contributed by atoms with van der Waals surface area (Å²) in [6.07, 6.45) is 8.59. The van der Waals surface area contributed by atoms with Gasteiger partial charge in [0.15, 0.2) is 0 Å². The van der Waals surface area contributed by atoms with E-state index in [1.54, 1.807) is 0 Å². The van der Waals surface area contributed by atoms with E-state index in [1.807, 2.05) is 12.5 Å². The van der Waals surface area contributed by atoms with Crippen LogP contribution in [0.25, 0.3) is 0 Å². The lowest BCUT2D eigenvalue weighted by Gasteiger charge is -2.38. The predicted octanol–water partition coefficient (Wildman–Crippen LogP) is 1.96. The van der Waals surface area contributed by atoms with Crippen molar-refractivity contribution >= 4 is 0 Å². The number of hydrogen-bond donors (Lipinski definition) is 1. The Hall–Kier alpha value is -0.830. The van der Waals surface area contributed by atoms with Crippen LogP contribution in [0, 0.1) is 5.92 Å². The Balaban J connectivity index is 2.04. The summed E-state index contributed by atoms with van der Waals surface area (Å²) >= 11 is 0. The first kappa shape index (κ1) is 10.7. The summed E-state index contributed by atoms with van der Waals surface area (Å²) in [6, 6.07) is 0. The molecule has 1 aromatic rings. The zero-order chi connectivity index (χ0) is 10.9. The second-order valence-electron chi connectivity index (χ2n) is 5.33. The Bertz CT molecular complexity index is 323. The monoisotopic (exact) mass is 207 g/mol. The van der Waals surface area contributed by atoms with Crippen molar-refractivity contribution in [1.82, 2.24) is 9.55 Å². The molecule has 0 unspecified atom stereocenters. The first-order valence-corrected chi connectivity index (χ1v) is 5.87. The van der Waals surface area contributed by atoms with Gasteiger partial charge < -0.3 is 10.3 Å². The fourth-order valence-corrected chi connectivity index (χ4v) is 2.21. The van der Waals surface area contributed by atoms with Gasteiger partial charge in [0.25, 0.3) is 0 Å². The summed E-state index contributed by atoms with van der Waals surface area (Å²) in [6.45, 7) is 5.41. The molecule has 1 aliphatic carbocycles. The molecular formula is C12H21N3. The molecule has 2 rings (SSSR count). The Morgan fingerprint density at radius 1 is 1.53 bits per heavy atom. The van der Waals surface area contributed by atoms with Gasteiger partial charge in [0.2, 0.25) is 0 Å². The van der Waals surface area contributed by atoms with Gasteiger partial charge >= 0.3 is 0 Å². The molecule has 1 aromatic heterocycles. The standard InChI is InChI=1S/C12H21N3/c1-10(2)6-11-7-14-9-15(11)8-12(13)4-3-5-12/h7,9-10H,3-6,8,13H2,1-2H3. The molecule has 1 aliphatic rings. The third-order valence-corrected chi connectivity index (χ3v) is 3.25. The van der Waals surface area contributed by atoms with Gasteiger partial charge in [-0.2, -0.15) is 0 Å². The highest BCUT2D eigenvalue weighted by atomic mass is 15.1. The summed E-state index contributed by atoms with van der Waals surface area (Å²) in [5, 5.41) is 0. The van der Waals surface area contributed by atoms with Gasteiger partial charge in [-0.25, -0.2) is 4.98 Å². The smallest absolute Gasteiger partial charge is 0.0948 e. The zero-order valence-electron chi connectivity index (χ0n) is 9.74. The van der Waals surface area contributed by atoms with Crippen molar-refractivity contribution in [3.63, 3.8) is 0 Å². The molecule has 0 aliphatic heterocycles. The van der Waals surface area contributed by atoms with Gasteiger partial charge in [-0.15, -0.1) is 0 Å². The molecule has 1 heterocycles. The number of imidazole rings is 1. The van der Waals surface area contributed by atoms with Crippen LogP contribution in [0.1, 0.15) is 38.8 Å². The lowest BCUT2D eigenvalue weighted by molar-refractivity contribution is 0.213. The molecule has 0 spiro atoms. The van der Waals surface area contributed by atoms with Crippen LogP contribution in [0.5, 0.6) is 0 Å². The Labute approximate surface area is 91.7 Å². The average molecular weight is 207 g/mol. The van der Waals surface area contributed by atoms with E-state index in [4.69, 9.17) is 5.73 Å². The Morgan fingerprint density at radius 3 is 2.80 bits per heavy atom. The zero-order valence-corrected chi connectivity index (χ0v) is 9.74. The van der Waals surface area contributed by atoms with E-state index in [0.717, 1.165) is 25.8 Å².